The summed E-state index contributed by atoms with van der Waals surface area (Å²) in [5.74, 6) is 0. The summed E-state index contributed by atoms with van der Waals surface area (Å²) in [6.45, 7) is 2.02. The molecule has 0 amide bonds. The minimum atomic E-state index is -4.01. The van der Waals surface area contributed by atoms with Crippen molar-refractivity contribution >= 4 is 7.82 Å². The van der Waals surface area contributed by atoms with Gasteiger partial charge in [0, 0.05) is 7.11 Å². The van der Waals surface area contributed by atoms with Crippen molar-refractivity contribution in [3.05, 3.63) is 0 Å². The van der Waals surface area contributed by atoms with Gasteiger partial charge in [-0.15, -0.1) is 4.67 Å². The highest BCUT2D eigenvalue weighted by Crippen LogP contribution is 2.42. The van der Waals surface area contributed by atoms with Gasteiger partial charge in [-0.2, -0.15) is 0 Å². The summed E-state index contributed by atoms with van der Waals surface area (Å²) in [5.41, 5.74) is 0. The summed E-state index contributed by atoms with van der Waals surface area (Å²) in [5, 5.41) is 0. The van der Waals surface area contributed by atoms with Crippen molar-refractivity contribution in [2.24, 2.45) is 0 Å². The Hall–Kier alpha value is 0.0300. The standard InChI is InChI=1S/C5H13O6P/c1-3-10-12(6,7)11-9-5-4-8-2/h3-5H2,1-2H3,(H,6,7). The van der Waals surface area contributed by atoms with Gasteiger partial charge in [0.1, 0.15) is 6.61 Å². The molecule has 0 aromatic carbocycles. The molecule has 0 spiro atoms. The molecule has 0 aliphatic heterocycles. The molecule has 1 unspecified atom stereocenters. The molecule has 0 radical (unpaired) electrons. The highest BCUT2D eigenvalue weighted by atomic mass is 31.2. The Kier molecular flexibility index (Phi) is 6.55. The van der Waals surface area contributed by atoms with Gasteiger partial charge in [0.25, 0.3) is 0 Å². The van der Waals surface area contributed by atoms with E-state index < -0.39 is 7.82 Å². The van der Waals surface area contributed by atoms with E-state index in [0.29, 0.717) is 0 Å². The summed E-state index contributed by atoms with van der Waals surface area (Å²) in [7, 11) is -2.53. The molecule has 7 heteroatoms. The molecule has 12 heavy (non-hydrogen) atoms. The fraction of sp³-hybridized carbons (Fsp3) is 1.00. The second-order valence-electron chi connectivity index (χ2n) is 1.78. The summed E-state index contributed by atoms with van der Waals surface area (Å²) in [6, 6.07) is 0. The molecule has 0 heterocycles. The van der Waals surface area contributed by atoms with E-state index in [1.54, 1.807) is 6.92 Å². The van der Waals surface area contributed by atoms with Crippen molar-refractivity contribution < 1.29 is 28.3 Å². The zero-order valence-electron chi connectivity index (χ0n) is 7.06. The maximum absolute atomic E-state index is 10.7. The van der Waals surface area contributed by atoms with Gasteiger partial charge < -0.3 is 9.63 Å². The first kappa shape index (κ1) is 12.0. The monoisotopic (exact) mass is 200 g/mol. The summed E-state index contributed by atoms with van der Waals surface area (Å²) in [4.78, 5) is 13.1. The lowest BCUT2D eigenvalue weighted by Crippen LogP contribution is -2.02. The van der Waals surface area contributed by atoms with Crippen molar-refractivity contribution in [3.8, 4) is 0 Å². The highest BCUT2D eigenvalue weighted by molar-refractivity contribution is 7.47. The predicted molar refractivity (Wildman–Crippen MR) is 40.4 cm³/mol. The fourth-order valence-electron chi connectivity index (χ4n) is 0.406. The van der Waals surface area contributed by atoms with Crippen molar-refractivity contribution in [2.45, 2.75) is 6.92 Å². The summed E-state index contributed by atoms with van der Waals surface area (Å²) < 4.78 is 23.7. The second-order valence-corrected chi connectivity index (χ2v) is 3.12. The number of phosphoric acid groups is 1. The molecule has 0 fully saturated rings. The molecule has 0 saturated carbocycles. The number of hydrogen-bond donors (Lipinski definition) is 1. The van der Waals surface area contributed by atoms with E-state index in [2.05, 4.69) is 18.8 Å². The van der Waals surface area contributed by atoms with Crippen LogP contribution in [0.25, 0.3) is 0 Å². The molecule has 0 aromatic rings. The number of hydrogen-bond acceptors (Lipinski definition) is 5. The molecule has 0 bridgehead atoms. The van der Waals surface area contributed by atoms with E-state index in [4.69, 9.17) is 4.89 Å². The third kappa shape index (κ3) is 6.72. The molecular formula is C5H13O6P. The van der Waals surface area contributed by atoms with Crippen molar-refractivity contribution in [1.29, 1.82) is 0 Å². The first-order valence-electron chi connectivity index (χ1n) is 3.40. The Morgan fingerprint density at radius 2 is 2.08 bits per heavy atom. The van der Waals surface area contributed by atoms with Crippen molar-refractivity contribution in [1.82, 2.24) is 0 Å². The Balaban J connectivity index is 3.41. The fourth-order valence-corrected chi connectivity index (χ4v) is 0.983. The SMILES string of the molecule is CCOP(=O)(O)OOCCOC. The molecule has 0 aliphatic carbocycles. The maximum atomic E-state index is 10.7. The third-order valence-corrected chi connectivity index (χ3v) is 1.69. The first-order valence-corrected chi connectivity index (χ1v) is 4.89. The molecule has 74 valence electrons. The molecular weight excluding hydrogens is 187 g/mol. The van der Waals surface area contributed by atoms with Crippen molar-refractivity contribution in [2.75, 3.05) is 26.9 Å². The lowest BCUT2D eigenvalue weighted by atomic mass is 10.8. The molecule has 6 nitrogen and oxygen atoms in total. The van der Waals surface area contributed by atoms with Crippen LogP contribution < -0.4 is 0 Å². The highest BCUT2D eigenvalue weighted by Gasteiger charge is 2.21. The molecule has 0 rings (SSSR count). The van der Waals surface area contributed by atoms with E-state index in [1.165, 1.54) is 7.11 Å². The Morgan fingerprint density at radius 3 is 2.58 bits per heavy atom. The smallest absolute Gasteiger partial charge is 0.382 e. The number of ether oxygens (including phenoxy) is 1. The van der Waals surface area contributed by atoms with Crippen LogP contribution in [0.2, 0.25) is 0 Å². The lowest BCUT2D eigenvalue weighted by Gasteiger charge is -2.08. The summed E-state index contributed by atoms with van der Waals surface area (Å²) >= 11 is 0. The quantitative estimate of drug-likeness (QED) is 0.282. The lowest BCUT2D eigenvalue weighted by molar-refractivity contribution is -0.230. The van der Waals surface area contributed by atoms with Crippen LogP contribution in [-0.2, 0) is 23.4 Å². The molecule has 0 saturated heterocycles. The van der Waals surface area contributed by atoms with E-state index in [0.717, 1.165) is 0 Å². The van der Waals surface area contributed by atoms with Gasteiger partial charge >= 0.3 is 7.82 Å². The normalized spacial score (nSPS) is 15.9. The Bertz CT molecular complexity index is 149. The van der Waals surface area contributed by atoms with Crippen LogP contribution in [0.4, 0.5) is 0 Å². The average Bonchev–Trinajstić information content (AvgIpc) is 1.98. The van der Waals surface area contributed by atoms with Crippen LogP contribution in [0.1, 0.15) is 6.92 Å². The first-order chi connectivity index (χ1) is 5.62. The van der Waals surface area contributed by atoms with Gasteiger partial charge in [0.2, 0.25) is 0 Å². The molecule has 1 N–H and O–H groups in total. The number of phosphoric ester groups is 1. The topological polar surface area (TPSA) is 74.2 Å². The van der Waals surface area contributed by atoms with Crippen LogP contribution in [0.15, 0.2) is 0 Å². The van der Waals surface area contributed by atoms with Gasteiger partial charge in [-0.3, -0.25) is 4.52 Å². The Morgan fingerprint density at radius 1 is 1.42 bits per heavy atom. The summed E-state index contributed by atoms with van der Waals surface area (Å²) in [6.07, 6.45) is 0. The van der Waals surface area contributed by atoms with Gasteiger partial charge in [0.05, 0.1) is 13.2 Å². The van der Waals surface area contributed by atoms with Crippen LogP contribution in [0.5, 0.6) is 0 Å². The number of rotatable bonds is 7. The zero-order valence-corrected chi connectivity index (χ0v) is 7.95. The van der Waals surface area contributed by atoms with Crippen LogP contribution in [-0.4, -0.2) is 31.8 Å². The molecule has 0 aliphatic rings. The van der Waals surface area contributed by atoms with Gasteiger partial charge in [-0.05, 0) is 6.92 Å². The number of methoxy groups -OCH3 is 1. The Labute approximate surface area is 70.9 Å². The average molecular weight is 200 g/mol. The maximum Gasteiger partial charge on any atom is 0.499 e. The van der Waals surface area contributed by atoms with Crippen LogP contribution in [0.3, 0.4) is 0 Å². The largest absolute Gasteiger partial charge is 0.499 e. The van der Waals surface area contributed by atoms with E-state index in [1.807, 2.05) is 0 Å². The zero-order chi connectivity index (χ0) is 9.45. The second kappa shape index (κ2) is 6.54. The van der Waals surface area contributed by atoms with E-state index in [9.17, 15) is 4.57 Å². The third-order valence-electron chi connectivity index (χ3n) is 0.810. The van der Waals surface area contributed by atoms with Crippen LogP contribution in [0, 0.1) is 0 Å². The molecule has 0 aromatic heterocycles. The van der Waals surface area contributed by atoms with Gasteiger partial charge in [-0.1, -0.05) is 0 Å². The predicted octanol–water partition coefficient (Wildman–Crippen LogP) is 0.718. The molecule has 1 atom stereocenters. The van der Waals surface area contributed by atoms with Gasteiger partial charge in [-0.25, -0.2) is 9.45 Å². The van der Waals surface area contributed by atoms with Crippen molar-refractivity contribution in [3.63, 3.8) is 0 Å². The minimum absolute atomic E-state index is 0.0775. The minimum Gasteiger partial charge on any atom is -0.382 e. The van der Waals surface area contributed by atoms with E-state index in [-0.39, 0.29) is 19.8 Å². The van der Waals surface area contributed by atoms with Gasteiger partial charge in [0.15, 0.2) is 0 Å². The van der Waals surface area contributed by atoms with Crippen LogP contribution >= 0.6 is 7.82 Å². The van der Waals surface area contributed by atoms with E-state index >= 15 is 0 Å².